The molecule has 0 bridgehead atoms. The third-order valence-corrected chi connectivity index (χ3v) is 3.56. The van der Waals surface area contributed by atoms with Gasteiger partial charge in [-0.15, -0.1) is 0 Å². The maximum Gasteiger partial charge on any atom is 0.306 e. The Labute approximate surface area is 135 Å². The van der Waals surface area contributed by atoms with Gasteiger partial charge in [-0.2, -0.15) is 0 Å². The number of unbranched alkanes of at least 4 members (excludes halogenated alkanes) is 8. The first-order chi connectivity index (χ1) is 10.7. The van der Waals surface area contributed by atoms with Gasteiger partial charge in [0.25, 0.3) is 0 Å². The number of hydrogen-bond donors (Lipinski definition) is 0. The van der Waals surface area contributed by atoms with Gasteiger partial charge in [0.05, 0.1) is 26.1 Å². The molecule has 0 saturated carbocycles. The van der Waals surface area contributed by atoms with Crippen molar-refractivity contribution in [2.45, 2.75) is 90.9 Å². The number of carbonyl (C=O) groups excluding carboxylic acids is 2. The maximum absolute atomic E-state index is 11.5. The van der Waals surface area contributed by atoms with Crippen LogP contribution >= 0.6 is 0 Å². The van der Waals surface area contributed by atoms with E-state index in [2.05, 4.69) is 6.92 Å². The van der Waals surface area contributed by atoms with Crippen molar-refractivity contribution in [2.24, 2.45) is 0 Å². The average molecular weight is 314 g/mol. The highest BCUT2D eigenvalue weighted by Crippen LogP contribution is 2.08. The molecule has 0 spiro atoms. The molecule has 0 radical (unpaired) electrons. The molecular weight excluding hydrogens is 280 g/mol. The van der Waals surface area contributed by atoms with E-state index >= 15 is 0 Å². The van der Waals surface area contributed by atoms with E-state index in [1.165, 1.54) is 38.5 Å². The standard InChI is InChI=1S/C18H34O4/c1-3-5-7-8-9-10-11-12-16-22-18(20)14-13-17(19)21-15-6-4-2/h3-16H2,1-2H3. The third kappa shape index (κ3) is 15.3. The Balaban J connectivity index is 3.30. The van der Waals surface area contributed by atoms with E-state index < -0.39 is 0 Å². The lowest BCUT2D eigenvalue weighted by molar-refractivity contribution is -0.150. The topological polar surface area (TPSA) is 52.6 Å². The van der Waals surface area contributed by atoms with Crippen LogP contribution in [0.15, 0.2) is 0 Å². The second-order valence-electron chi connectivity index (χ2n) is 5.77. The van der Waals surface area contributed by atoms with Gasteiger partial charge >= 0.3 is 11.9 Å². The number of ether oxygens (including phenoxy) is 2. The summed E-state index contributed by atoms with van der Waals surface area (Å²) in [6.45, 7) is 5.18. The molecule has 0 amide bonds. The minimum Gasteiger partial charge on any atom is -0.466 e. The van der Waals surface area contributed by atoms with E-state index in [1.54, 1.807) is 0 Å². The summed E-state index contributed by atoms with van der Waals surface area (Å²) in [6.07, 6.45) is 11.9. The molecule has 0 fully saturated rings. The van der Waals surface area contributed by atoms with Crippen molar-refractivity contribution in [2.75, 3.05) is 13.2 Å². The second-order valence-corrected chi connectivity index (χ2v) is 5.77. The van der Waals surface area contributed by atoms with Crippen LogP contribution in [0.25, 0.3) is 0 Å². The van der Waals surface area contributed by atoms with Crippen LogP contribution in [0.4, 0.5) is 0 Å². The largest absolute Gasteiger partial charge is 0.466 e. The predicted molar refractivity (Wildman–Crippen MR) is 88.7 cm³/mol. The first-order valence-electron chi connectivity index (χ1n) is 9.02. The smallest absolute Gasteiger partial charge is 0.306 e. The number of rotatable bonds is 15. The van der Waals surface area contributed by atoms with Crippen LogP contribution < -0.4 is 0 Å². The molecule has 0 aliphatic rings. The van der Waals surface area contributed by atoms with Gasteiger partial charge in [0.2, 0.25) is 0 Å². The summed E-state index contributed by atoms with van der Waals surface area (Å²) >= 11 is 0. The Kier molecular flexibility index (Phi) is 15.5. The fraction of sp³-hybridized carbons (Fsp3) is 0.889. The van der Waals surface area contributed by atoms with Gasteiger partial charge in [-0.1, -0.05) is 65.2 Å². The molecule has 0 atom stereocenters. The quantitative estimate of drug-likeness (QED) is 0.322. The fourth-order valence-electron chi connectivity index (χ4n) is 2.10. The van der Waals surface area contributed by atoms with Gasteiger partial charge < -0.3 is 9.47 Å². The molecule has 0 aliphatic heterocycles. The first kappa shape index (κ1) is 20.9. The second kappa shape index (κ2) is 16.3. The highest BCUT2D eigenvalue weighted by atomic mass is 16.5. The molecule has 22 heavy (non-hydrogen) atoms. The fourth-order valence-corrected chi connectivity index (χ4v) is 2.10. The maximum atomic E-state index is 11.5. The van der Waals surface area contributed by atoms with Crippen LogP contribution in [-0.4, -0.2) is 25.2 Å². The van der Waals surface area contributed by atoms with Crippen molar-refractivity contribution in [3.63, 3.8) is 0 Å². The Bertz CT molecular complexity index is 276. The number of hydrogen-bond acceptors (Lipinski definition) is 4. The van der Waals surface area contributed by atoms with Crippen molar-refractivity contribution in [3.05, 3.63) is 0 Å². The Hall–Kier alpha value is -1.06. The van der Waals surface area contributed by atoms with E-state index in [9.17, 15) is 9.59 Å². The lowest BCUT2D eigenvalue weighted by Gasteiger charge is -2.06. The van der Waals surface area contributed by atoms with Crippen molar-refractivity contribution < 1.29 is 19.1 Å². The molecular formula is C18H34O4. The molecule has 0 saturated heterocycles. The van der Waals surface area contributed by atoms with Crippen LogP contribution in [0.1, 0.15) is 90.9 Å². The molecule has 0 aromatic rings. The number of esters is 2. The highest BCUT2D eigenvalue weighted by Gasteiger charge is 2.08. The average Bonchev–Trinajstić information content (AvgIpc) is 2.51. The van der Waals surface area contributed by atoms with Gasteiger partial charge in [0.15, 0.2) is 0 Å². The molecule has 130 valence electrons. The van der Waals surface area contributed by atoms with Gasteiger partial charge in [-0.25, -0.2) is 0 Å². The predicted octanol–water partition coefficient (Wildman–Crippen LogP) is 4.79. The molecule has 4 heteroatoms. The van der Waals surface area contributed by atoms with Crippen molar-refractivity contribution in [1.82, 2.24) is 0 Å². The normalized spacial score (nSPS) is 10.5. The van der Waals surface area contributed by atoms with E-state index in [4.69, 9.17) is 9.47 Å². The van der Waals surface area contributed by atoms with E-state index in [0.29, 0.717) is 13.2 Å². The summed E-state index contributed by atoms with van der Waals surface area (Å²) in [7, 11) is 0. The SMILES string of the molecule is CCCCCCCCCCOC(=O)CCC(=O)OCCCC. The van der Waals surface area contributed by atoms with E-state index in [-0.39, 0.29) is 24.8 Å². The zero-order chi connectivity index (χ0) is 16.5. The van der Waals surface area contributed by atoms with Crippen LogP contribution in [0.3, 0.4) is 0 Å². The van der Waals surface area contributed by atoms with Crippen molar-refractivity contribution in [3.8, 4) is 0 Å². The summed E-state index contributed by atoms with van der Waals surface area (Å²) in [5.41, 5.74) is 0. The van der Waals surface area contributed by atoms with E-state index in [1.807, 2.05) is 6.92 Å². The summed E-state index contributed by atoms with van der Waals surface area (Å²) in [6, 6.07) is 0. The molecule has 0 aromatic heterocycles. The summed E-state index contributed by atoms with van der Waals surface area (Å²) < 4.78 is 10.1. The lowest BCUT2D eigenvalue weighted by Crippen LogP contribution is -2.11. The minimum atomic E-state index is -0.308. The van der Waals surface area contributed by atoms with Gasteiger partial charge in [-0.05, 0) is 12.8 Å². The van der Waals surface area contributed by atoms with Gasteiger partial charge in [-0.3, -0.25) is 9.59 Å². The Morgan fingerprint density at radius 3 is 1.50 bits per heavy atom. The summed E-state index contributed by atoms with van der Waals surface area (Å²) in [5, 5.41) is 0. The lowest BCUT2D eigenvalue weighted by atomic mass is 10.1. The summed E-state index contributed by atoms with van der Waals surface area (Å²) in [5.74, 6) is -0.604. The monoisotopic (exact) mass is 314 g/mol. The molecule has 0 rings (SSSR count). The molecule has 0 aromatic carbocycles. The van der Waals surface area contributed by atoms with Crippen LogP contribution in [-0.2, 0) is 19.1 Å². The minimum absolute atomic E-state index is 0.125. The van der Waals surface area contributed by atoms with Gasteiger partial charge in [0.1, 0.15) is 0 Å². The van der Waals surface area contributed by atoms with Gasteiger partial charge in [0, 0.05) is 0 Å². The molecule has 0 unspecified atom stereocenters. The van der Waals surface area contributed by atoms with E-state index in [0.717, 1.165) is 25.7 Å². The zero-order valence-electron chi connectivity index (χ0n) is 14.5. The van der Waals surface area contributed by atoms with Crippen LogP contribution in [0, 0.1) is 0 Å². The Morgan fingerprint density at radius 2 is 1.00 bits per heavy atom. The molecule has 0 heterocycles. The zero-order valence-corrected chi connectivity index (χ0v) is 14.5. The number of carbonyl (C=O) groups is 2. The molecule has 0 N–H and O–H groups in total. The van der Waals surface area contributed by atoms with Crippen LogP contribution in [0.2, 0.25) is 0 Å². The molecule has 0 aliphatic carbocycles. The molecule has 4 nitrogen and oxygen atoms in total. The first-order valence-corrected chi connectivity index (χ1v) is 9.02. The third-order valence-electron chi connectivity index (χ3n) is 3.56. The van der Waals surface area contributed by atoms with Crippen molar-refractivity contribution in [1.29, 1.82) is 0 Å². The summed E-state index contributed by atoms with van der Waals surface area (Å²) in [4.78, 5) is 22.8. The Morgan fingerprint density at radius 1 is 0.591 bits per heavy atom. The highest BCUT2D eigenvalue weighted by molar-refractivity contribution is 5.77. The van der Waals surface area contributed by atoms with Crippen molar-refractivity contribution >= 4 is 11.9 Å². The van der Waals surface area contributed by atoms with Crippen LogP contribution in [0.5, 0.6) is 0 Å².